The summed E-state index contributed by atoms with van der Waals surface area (Å²) in [6, 6.07) is 0. The molecule has 0 aliphatic heterocycles. The SMILES string of the molecule is CC/C=N\c1[nH]cnc1C=N. The third kappa shape index (κ3) is 1.73. The predicted molar refractivity (Wildman–Crippen MR) is 44.9 cm³/mol. The lowest BCUT2D eigenvalue weighted by Gasteiger charge is -1.86. The molecule has 1 aromatic rings. The zero-order valence-corrected chi connectivity index (χ0v) is 6.33. The maximum absolute atomic E-state index is 6.96. The fourth-order valence-electron chi connectivity index (χ4n) is 0.690. The van der Waals surface area contributed by atoms with Crippen molar-refractivity contribution in [3.8, 4) is 0 Å². The first-order valence-corrected chi connectivity index (χ1v) is 3.44. The average Bonchev–Trinajstić information content (AvgIpc) is 2.47. The molecular formula is C7H10N4. The number of nitrogens with zero attached hydrogens (tertiary/aromatic N) is 2. The van der Waals surface area contributed by atoms with Crippen molar-refractivity contribution in [3.63, 3.8) is 0 Å². The first kappa shape index (κ1) is 7.65. The van der Waals surface area contributed by atoms with E-state index in [2.05, 4.69) is 15.0 Å². The van der Waals surface area contributed by atoms with Gasteiger partial charge in [0.25, 0.3) is 0 Å². The second kappa shape index (κ2) is 3.65. The highest BCUT2D eigenvalue weighted by atomic mass is 15.0. The molecule has 2 N–H and O–H groups in total. The summed E-state index contributed by atoms with van der Waals surface area (Å²) in [5.41, 5.74) is 0.578. The molecule has 0 saturated carbocycles. The van der Waals surface area contributed by atoms with Crippen LogP contribution in [0.2, 0.25) is 0 Å². The molecule has 0 aliphatic rings. The Kier molecular flexibility index (Phi) is 2.54. The Morgan fingerprint density at radius 1 is 1.82 bits per heavy atom. The number of hydrogen-bond donors (Lipinski definition) is 2. The Morgan fingerprint density at radius 2 is 2.64 bits per heavy atom. The molecule has 0 fully saturated rings. The molecule has 1 rings (SSSR count). The standard InChI is InChI=1S/C7H10N4/c1-2-3-9-7-6(4-8)10-5-11-7/h3-5,8H,2H2,1H3,(H,10,11)/b8-4?,9-3-. The second-order valence-corrected chi connectivity index (χ2v) is 2.00. The molecule has 1 aromatic heterocycles. The third-order valence-electron chi connectivity index (χ3n) is 1.19. The van der Waals surface area contributed by atoms with Gasteiger partial charge in [0.05, 0.1) is 6.33 Å². The van der Waals surface area contributed by atoms with E-state index in [0.717, 1.165) is 6.42 Å². The van der Waals surface area contributed by atoms with Crippen LogP contribution in [0.15, 0.2) is 11.3 Å². The van der Waals surface area contributed by atoms with Gasteiger partial charge in [-0.25, -0.2) is 9.98 Å². The fraction of sp³-hybridized carbons (Fsp3) is 0.286. The molecule has 11 heavy (non-hydrogen) atoms. The van der Waals surface area contributed by atoms with E-state index >= 15 is 0 Å². The molecule has 58 valence electrons. The van der Waals surface area contributed by atoms with Crippen molar-refractivity contribution in [2.45, 2.75) is 13.3 Å². The summed E-state index contributed by atoms with van der Waals surface area (Å²) in [7, 11) is 0. The number of H-pyrrole nitrogens is 1. The van der Waals surface area contributed by atoms with Crippen LogP contribution in [0.25, 0.3) is 0 Å². The molecule has 4 heteroatoms. The van der Waals surface area contributed by atoms with Gasteiger partial charge in [-0.15, -0.1) is 0 Å². The summed E-state index contributed by atoms with van der Waals surface area (Å²) in [4.78, 5) is 10.8. The lowest BCUT2D eigenvalue weighted by Crippen LogP contribution is -1.78. The monoisotopic (exact) mass is 150 g/mol. The molecule has 0 saturated heterocycles. The lowest BCUT2D eigenvalue weighted by atomic mass is 10.4. The number of hydrogen-bond acceptors (Lipinski definition) is 3. The summed E-state index contributed by atoms with van der Waals surface area (Å²) in [5.74, 6) is 0.654. The van der Waals surface area contributed by atoms with Gasteiger partial charge in [0.1, 0.15) is 5.69 Å². The smallest absolute Gasteiger partial charge is 0.158 e. The molecule has 0 amide bonds. The van der Waals surface area contributed by atoms with Gasteiger partial charge in [0.2, 0.25) is 0 Å². The Bertz CT molecular complexity index is 261. The van der Waals surface area contributed by atoms with Crippen molar-refractivity contribution in [2.75, 3.05) is 0 Å². The topological polar surface area (TPSA) is 64.9 Å². The highest BCUT2D eigenvalue weighted by Crippen LogP contribution is 2.09. The zero-order chi connectivity index (χ0) is 8.10. The quantitative estimate of drug-likeness (QED) is 0.630. The van der Waals surface area contributed by atoms with E-state index in [4.69, 9.17) is 5.41 Å². The molecule has 0 bridgehead atoms. The predicted octanol–water partition coefficient (Wildman–Crippen LogP) is 1.52. The molecule has 0 spiro atoms. The summed E-state index contributed by atoms with van der Waals surface area (Å²) in [6.45, 7) is 2.00. The number of aliphatic imine (C=N–C) groups is 1. The van der Waals surface area contributed by atoms with E-state index in [9.17, 15) is 0 Å². The van der Waals surface area contributed by atoms with Crippen LogP contribution in [0.3, 0.4) is 0 Å². The van der Waals surface area contributed by atoms with Crippen LogP contribution in [0.4, 0.5) is 5.82 Å². The second-order valence-electron chi connectivity index (χ2n) is 2.00. The molecule has 0 aliphatic carbocycles. The van der Waals surface area contributed by atoms with Crippen LogP contribution in [-0.2, 0) is 0 Å². The van der Waals surface area contributed by atoms with Gasteiger partial charge in [-0.2, -0.15) is 0 Å². The van der Waals surface area contributed by atoms with Crippen molar-refractivity contribution < 1.29 is 0 Å². The van der Waals surface area contributed by atoms with Gasteiger partial charge >= 0.3 is 0 Å². The summed E-state index contributed by atoms with van der Waals surface area (Å²) in [5, 5.41) is 6.96. The Morgan fingerprint density at radius 3 is 3.27 bits per heavy atom. The average molecular weight is 150 g/mol. The zero-order valence-electron chi connectivity index (χ0n) is 6.33. The van der Waals surface area contributed by atoms with Crippen molar-refractivity contribution in [1.82, 2.24) is 9.97 Å². The molecule has 1 heterocycles. The van der Waals surface area contributed by atoms with E-state index in [1.54, 1.807) is 6.21 Å². The minimum atomic E-state index is 0.578. The highest BCUT2D eigenvalue weighted by molar-refractivity contribution is 5.81. The molecule has 0 unspecified atom stereocenters. The number of nitrogens with one attached hydrogen (secondary N) is 2. The molecule has 0 radical (unpaired) electrons. The lowest BCUT2D eigenvalue weighted by molar-refractivity contribution is 1.27. The van der Waals surface area contributed by atoms with Crippen LogP contribution in [-0.4, -0.2) is 22.4 Å². The van der Waals surface area contributed by atoms with Gasteiger partial charge in [-0.1, -0.05) is 6.92 Å². The van der Waals surface area contributed by atoms with Crippen molar-refractivity contribution in [2.24, 2.45) is 4.99 Å². The van der Waals surface area contributed by atoms with Gasteiger partial charge < -0.3 is 10.4 Å². The Hall–Kier alpha value is -1.45. The first-order valence-electron chi connectivity index (χ1n) is 3.44. The van der Waals surface area contributed by atoms with Crippen LogP contribution in [0.5, 0.6) is 0 Å². The fourth-order valence-corrected chi connectivity index (χ4v) is 0.690. The Balaban J connectivity index is 2.84. The van der Waals surface area contributed by atoms with E-state index in [1.165, 1.54) is 12.5 Å². The molecule has 0 aromatic carbocycles. The third-order valence-corrected chi connectivity index (χ3v) is 1.19. The summed E-state index contributed by atoms with van der Waals surface area (Å²) >= 11 is 0. The van der Waals surface area contributed by atoms with Crippen LogP contribution >= 0.6 is 0 Å². The van der Waals surface area contributed by atoms with E-state index in [-0.39, 0.29) is 0 Å². The van der Waals surface area contributed by atoms with Gasteiger partial charge in [-0.05, 0) is 6.42 Å². The molecule has 0 atom stereocenters. The van der Waals surface area contributed by atoms with Crippen LogP contribution in [0, 0.1) is 5.41 Å². The minimum Gasteiger partial charge on any atom is -0.329 e. The highest BCUT2D eigenvalue weighted by Gasteiger charge is 1.97. The molecular weight excluding hydrogens is 140 g/mol. The van der Waals surface area contributed by atoms with Crippen molar-refractivity contribution in [3.05, 3.63) is 12.0 Å². The number of aromatic nitrogens is 2. The van der Waals surface area contributed by atoms with E-state index in [1.807, 2.05) is 6.92 Å². The van der Waals surface area contributed by atoms with E-state index in [0.29, 0.717) is 11.5 Å². The summed E-state index contributed by atoms with van der Waals surface area (Å²) < 4.78 is 0. The van der Waals surface area contributed by atoms with Gasteiger partial charge in [0.15, 0.2) is 5.82 Å². The normalized spacial score (nSPS) is 10.6. The van der Waals surface area contributed by atoms with Crippen molar-refractivity contribution >= 4 is 18.2 Å². The largest absolute Gasteiger partial charge is 0.329 e. The Labute approximate surface area is 64.9 Å². The minimum absolute atomic E-state index is 0.578. The van der Waals surface area contributed by atoms with Gasteiger partial charge in [0, 0.05) is 12.4 Å². The van der Waals surface area contributed by atoms with Crippen LogP contribution < -0.4 is 0 Å². The van der Waals surface area contributed by atoms with Gasteiger partial charge in [-0.3, -0.25) is 0 Å². The number of aromatic amines is 1. The van der Waals surface area contributed by atoms with Crippen molar-refractivity contribution in [1.29, 1.82) is 5.41 Å². The number of rotatable bonds is 3. The molecule has 4 nitrogen and oxygen atoms in total. The maximum atomic E-state index is 6.96. The number of imidazole rings is 1. The van der Waals surface area contributed by atoms with E-state index < -0.39 is 0 Å². The first-order chi connectivity index (χ1) is 5.38. The maximum Gasteiger partial charge on any atom is 0.158 e. The summed E-state index contributed by atoms with van der Waals surface area (Å²) in [6.07, 6.45) is 5.37. The van der Waals surface area contributed by atoms with Crippen LogP contribution in [0.1, 0.15) is 19.0 Å².